The molecule has 0 saturated heterocycles. The molecule has 1 fully saturated rings. The van der Waals surface area contributed by atoms with Crippen molar-refractivity contribution in [3.63, 3.8) is 0 Å². The highest BCUT2D eigenvalue weighted by molar-refractivity contribution is 7.16. The van der Waals surface area contributed by atoms with Crippen LogP contribution in [0.25, 0.3) is 0 Å². The fourth-order valence-electron chi connectivity index (χ4n) is 2.32. The van der Waals surface area contributed by atoms with E-state index in [0.29, 0.717) is 23.5 Å². The molecule has 2 aromatic rings. The van der Waals surface area contributed by atoms with Crippen LogP contribution in [0.2, 0.25) is 0 Å². The number of nitrogens with zero attached hydrogens (tertiary/aromatic N) is 2. The van der Waals surface area contributed by atoms with Crippen molar-refractivity contribution in [2.45, 2.75) is 32.8 Å². The summed E-state index contributed by atoms with van der Waals surface area (Å²) in [5.41, 5.74) is 1.57. The average molecular weight is 401 g/mol. The van der Waals surface area contributed by atoms with Crippen LogP contribution >= 0.6 is 11.3 Å². The predicted molar refractivity (Wildman–Crippen MR) is 109 cm³/mol. The van der Waals surface area contributed by atoms with Crippen molar-refractivity contribution < 1.29 is 14.3 Å². The summed E-state index contributed by atoms with van der Waals surface area (Å²) in [4.78, 5) is 21.3. The van der Waals surface area contributed by atoms with E-state index < -0.39 is 0 Å². The minimum Gasteiger partial charge on any atom is -0.481 e. The third-order valence-electron chi connectivity index (χ3n) is 4.14. The van der Waals surface area contributed by atoms with E-state index in [1.165, 1.54) is 24.2 Å². The van der Waals surface area contributed by atoms with Crippen LogP contribution in [-0.2, 0) is 4.74 Å². The summed E-state index contributed by atoms with van der Waals surface area (Å²) in [7, 11) is 1.57. The van der Waals surface area contributed by atoms with Gasteiger partial charge in [-0.1, -0.05) is 17.3 Å². The number of urea groups is 1. The van der Waals surface area contributed by atoms with Gasteiger partial charge in [0.1, 0.15) is 4.88 Å². The molecule has 0 aromatic carbocycles. The minimum absolute atomic E-state index is 0.0110. The monoisotopic (exact) mass is 400 g/mol. The predicted octanol–water partition coefficient (Wildman–Crippen LogP) is 3.19. The molecule has 0 aliphatic heterocycles. The Morgan fingerprint density at radius 2 is 2.25 bits per heavy atom. The zero-order chi connectivity index (χ0) is 19.9. The number of carbonyl (C=O) groups excluding carboxylic acids is 1. The van der Waals surface area contributed by atoms with Gasteiger partial charge in [0.25, 0.3) is 0 Å². The summed E-state index contributed by atoms with van der Waals surface area (Å²) in [6.07, 6.45) is 4.14. The van der Waals surface area contributed by atoms with Gasteiger partial charge >= 0.3 is 6.03 Å². The van der Waals surface area contributed by atoms with Crippen LogP contribution in [0.5, 0.6) is 5.88 Å². The molecule has 1 atom stereocenters. The Hall–Kier alpha value is -2.63. The number of thiazole rings is 1. The van der Waals surface area contributed by atoms with E-state index in [1.807, 2.05) is 19.9 Å². The Morgan fingerprint density at radius 1 is 1.43 bits per heavy atom. The first-order chi connectivity index (χ1) is 13.5. The number of nitrogens with one attached hydrogen (secondary N) is 2. The maximum absolute atomic E-state index is 12.1. The minimum atomic E-state index is -0.297. The number of aryl methyl sites for hydroxylation is 1. The molecule has 7 nitrogen and oxygen atoms in total. The topological polar surface area (TPSA) is 85.4 Å². The maximum atomic E-state index is 12.1. The summed E-state index contributed by atoms with van der Waals surface area (Å²) in [5, 5.41) is 6.08. The molecule has 2 heterocycles. The summed E-state index contributed by atoms with van der Waals surface area (Å²) in [6, 6.07) is 3.28. The Labute approximate surface area is 168 Å². The summed E-state index contributed by atoms with van der Waals surface area (Å²) >= 11 is 1.34. The van der Waals surface area contributed by atoms with Gasteiger partial charge in [-0.05, 0) is 44.6 Å². The smallest absolute Gasteiger partial charge is 0.321 e. The van der Waals surface area contributed by atoms with E-state index in [9.17, 15) is 4.79 Å². The molecule has 1 aliphatic rings. The van der Waals surface area contributed by atoms with E-state index in [2.05, 4.69) is 32.4 Å². The van der Waals surface area contributed by atoms with E-state index in [0.717, 1.165) is 22.7 Å². The molecule has 0 spiro atoms. The Morgan fingerprint density at radius 3 is 3.00 bits per heavy atom. The zero-order valence-corrected chi connectivity index (χ0v) is 17.1. The molecule has 0 unspecified atom stereocenters. The van der Waals surface area contributed by atoms with Gasteiger partial charge in [-0.15, -0.1) is 0 Å². The number of ether oxygens (including phenoxy) is 2. The number of amides is 2. The standard InChI is InChI=1S/C20H24N4O3S/c1-13(27-12-16-4-5-16)11-22-19(25)24-20-23-14(2)17(28-20)7-6-15-8-9-21-18(10-15)26-3/h8-10,13,16H,4-5,11-12H2,1-3H3,(H2,22,23,24,25)/t13-/m0/s1. The summed E-state index contributed by atoms with van der Waals surface area (Å²) < 4.78 is 10.8. The Bertz CT molecular complexity index is 883. The molecular weight excluding hydrogens is 376 g/mol. The van der Waals surface area contributed by atoms with Crippen LogP contribution in [0.3, 0.4) is 0 Å². The number of hydrogen-bond acceptors (Lipinski definition) is 6. The summed E-state index contributed by atoms with van der Waals surface area (Å²) in [5.74, 6) is 7.38. The first-order valence-electron chi connectivity index (χ1n) is 9.19. The molecule has 2 aromatic heterocycles. The number of aromatic nitrogens is 2. The van der Waals surface area contributed by atoms with E-state index in [-0.39, 0.29) is 12.1 Å². The second kappa shape index (κ2) is 9.53. The Balaban J connectivity index is 1.51. The third-order valence-corrected chi connectivity index (χ3v) is 5.13. The number of hydrogen-bond donors (Lipinski definition) is 2. The molecule has 2 amide bonds. The van der Waals surface area contributed by atoms with Crippen LogP contribution in [-0.4, -0.2) is 42.4 Å². The molecule has 1 saturated carbocycles. The van der Waals surface area contributed by atoms with E-state index in [1.54, 1.807) is 19.4 Å². The molecule has 148 valence electrons. The van der Waals surface area contributed by atoms with Crippen LogP contribution in [0.1, 0.15) is 35.9 Å². The van der Waals surface area contributed by atoms with Crippen LogP contribution in [0.15, 0.2) is 18.3 Å². The molecule has 1 aliphatic carbocycles. The van der Waals surface area contributed by atoms with Crippen molar-refractivity contribution in [1.29, 1.82) is 0 Å². The van der Waals surface area contributed by atoms with Gasteiger partial charge in [0.15, 0.2) is 5.13 Å². The number of anilines is 1. The fourth-order valence-corrected chi connectivity index (χ4v) is 3.13. The van der Waals surface area contributed by atoms with E-state index in [4.69, 9.17) is 9.47 Å². The normalized spacial score (nSPS) is 14.0. The number of rotatable bonds is 7. The van der Waals surface area contributed by atoms with Gasteiger partial charge in [0.2, 0.25) is 5.88 Å². The Kier molecular flexibility index (Phi) is 6.85. The molecule has 0 radical (unpaired) electrons. The molecular formula is C20H24N4O3S. The lowest BCUT2D eigenvalue weighted by atomic mass is 10.2. The molecule has 3 rings (SSSR count). The molecule has 0 bridgehead atoms. The lowest BCUT2D eigenvalue weighted by Crippen LogP contribution is -2.35. The van der Waals surface area contributed by atoms with Crippen LogP contribution in [0.4, 0.5) is 9.93 Å². The van der Waals surface area contributed by atoms with Crippen molar-refractivity contribution in [2.24, 2.45) is 5.92 Å². The van der Waals surface area contributed by atoms with Crippen molar-refractivity contribution in [3.05, 3.63) is 34.5 Å². The van der Waals surface area contributed by atoms with Crippen LogP contribution in [0, 0.1) is 24.7 Å². The number of methoxy groups -OCH3 is 1. The number of pyridine rings is 1. The van der Waals surface area contributed by atoms with Crippen molar-refractivity contribution in [1.82, 2.24) is 15.3 Å². The second-order valence-corrected chi connectivity index (χ2v) is 7.69. The zero-order valence-electron chi connectivity index (χ0n) is 16.2. The van der Waals surface area contributed by atoms with Gasteiger partial charge in [-0.25, -0.2) is 14.8 Å². The quantitative estimate of drug-likeness (QED) is 0.697. The van der Waals surface area contributed by atoms with Gasteiger partial charge in [0.05, 0.1) is 18.9 Å². The fraction of sp³-hybridized carbons (Fsp3) is 0.450. The van der Waals surface area contributed by atoms with Crippen molar-refractivity contribution >= 4 is 22.5 Å². The highest BCUT2D eigenvalue weighted by Crippen LogP contribution is 2.29. The number of carbonyl (C=O) groups is 1. The first kappa shape index (κ1) is 20.1. The van der Waals surface area contributed by atoms with Crippen molar-refractivity contribution in [2.75, 3.05) is 25.6 Å². The molecule has 8 heteroatoms. The van der Waals surface area contributed by atoms with Gasteiger partial charge < -0.3 is 14.8 Å². The third kappa shape index (κ3) is 6.22. The largest absolute Gasteiger partial charge is 0.481 e. The van der Waals surface area contributed by atoms with Crippen LogP contribution < -0.4 is 15.4 Å². The maximum Gasteiger partial charge on any atom is 0.321 e. The van der Waals surface area contributed by atoms with Gasteiger partial charge in [0, 0.05) is 31.0 Å². The average Bonchev–Trinajstić information content (AvgIpc) is 3.46. The second-order valence-electron chi connectivity index (χ2n) is 6.69. The SMILES string of the molecule is COc1cc(C#Cc2sc(NC(=O)NC[C@H](C)OCC3CC3)nc2C)ccn1. The lowest BCUT2D eigenvalue weighted by Gasteiger charge is -2.13. The lowest BCUT2D eigenvalue weighted by molar-refractivity contribution is 0.0601. The summed E-state index contributed by atoms with van der Waals surface area (Å²) in [6.45, 7) is 5.06. The highest BCUT2D eigenvalue weighted by Gasteiger charge is 2.22. The van der Waals surface area contributed by atoms with Crippen molar-refractivity contribution in [3.8, 4) is 17.7 Å². The molecule has 28 heavy (non-hydrogen) atoms. The van der Waals surface area contributed by atoms with Gasteiger partial charge in [-0.3, -0.25) is 5.32 Å². The van der Waals surface area contributed by atoms with E-state index >= 15 is 0 Å². The van der Waals surface area contributed by atoms with Gasteiger partial charge in [-0.2, -0.15) is 0 Å². The first-order valence-corrected chi connectivity index (χ1v) is 10.0. The molecule has 2 N–H and O–H groups in total. The highest BCUT2D eigenvalue weighted by atomic mass is 32.1.